The minimum absolute atomic E-state index is 0.000510. The lowest BCUT2D eigenvalue weighted by atomic mass is 9.99. The van der Waals surface area contributed by atoms with Gasteiger partial charge in [0.1, 0.15) is 17.4 Å². The van der Waals surface area contributed by atoms with E-state index in [0.29, 0.717) is 36.6 Å². The molecule has 0 fully saturated rings. The Kier molecular flexibility index (Phi) is 6.55. The number of halogens is 1. The van der Waals surface area contributed by atoms with E-state index >= 15 is 0 Å². The van der Waals surface area contributed by atoms with Crippen LogP contribution in [0.5, 0.6) is 5.75 Å². The zero-order chi connectivity index (χ0) is 21.8. The Balaban J connectivity index is 0.00000124. The van der Waals surface area contributed by atoms with Crippen molar-refractivity contribution in [1.29, 1.82) is 0 Å². The summed E-state index contributed by atoms with van der Waals surface area (Å²) in [6.07, 6.45) is 6.46. The molecule has 0 saturated carbocycles. The number of Topliss-reactive ketones (excluding diaryl/α,β-unsaturated/α-hetero) is 1. The highest BCUT2D eigenvalue weighted by atomic mass is 19.1. The van der Waals surface area contributed by atoms with Crippen molar-refractivity contribution < 1.29 is 13.9 Å². The molecule has 1 atom stereocenters. The second-order valence-electron chi connectivity index (χ2n) is 7.23. The van der Waals surface area contributed by atoms with E-state index in [1.54, 1.807) is 22.9 Å². The van der Waals surface area contributed by atoms with Crippen LogP contribution in [0.4, 0.5) is 4.39 Å². The summed E-state index contributed by atoms with van der Waals surface area (Å²) in [7, 11) is 0. The minimum atomic E-state index is -0.144. The lowest BCUT2D eigenvalue weighted by Gasteiger charge is -2.19. The van der Waals surface area contributed by atoms with Gasteiger partial charge in [0.25, 0.3) is 0 Å². The van der Waals surface area contributed by atoms with Crippen LogP contribution in [0.2, 0.25) is 0 Å². The maximum absolute atomic E-state index is 13.5. The lowest BCUT2D eigenvalue weighted by molar-refractivity contribution is 0.101. The normalized spacial score (nSPS) is 17.0. The number of rotatable bonds is 4. The first kappa shape index (κ1) is 21.6. The quantitative estimate of drug-likeness (QED) is 0.677. The number of fused-ring (bicyclic) bond motifs is 3. The van der Waals surface area contributed by atoms with Crippen molar-refractivity contribution in [1.82, 2.24) is 15.1 Å². The number of ether oxygens (including phenoxy) is 1. The highest BCUT2D eigenvalue weighted by molar-refractivity contribution is 5.95. The molecule has 2 heterocycles. The summed E-state index contributed by atoms with van der Waals surface area (Å²) in [5, 5.41) is 7.94. The molecule has 4 rings (SSSR count). The molecule has 158 valence electrons. The fourth-order valence-corrected chi connectivity index (χ4v) is 3.46. The summed E-state index contributed by atoms with van der Waals surface area (Å²) in [5.41, 5.74) is 4.25. The Morgan fingerprint density at radius 3 is 2.80 bits per heavy atom. The van der Waals surface area contributed by atoms with Gasteiger partial charge in [0.2, 0.25) is 0 Å². The maximum atomic E-state index is 13.5. The molecule has 1 unspecified atom stereocenters. The standard InChI is InChI=1S/C22H22FN3O2.C2H6/c1-13-10-18(5-7-20(13)23)24-15(3)26-12-17-8-9-28-21-11-16(14(2)27)4-6-19(21)22(17)25-26;1-2/h4-7,11-13,24H,3,8-10H2,1-2H3;1-2H3. The van der Waals surface area contributed by atoms with Crippen LogP contribution in [-0.4, -0.2) is 22.2 Å². The summed E-state index contributed by atoms with van der Waals surface area (Å²) in [6.45, 7) is 12.0. The number of nitrogens with one attached hydrogen (secondary N) is 1. The summed E-state index contributed by atoms with van der Waals surface area (Å²) >= 11 is 0. The van der Waals surface area contributed by atoms with Crippen molar-refractivity contribution in [2.75, 3.05) is 6.61 Å². The Bertz CT molecular complexity index is 1030. The van der Waals surface area contributed by atoms with Crippen LogP contribution in [0.15, 0.2) is 54.7 Å². The average molecular weight is 410 g/mol. The molecular weight excluding hydrogens is 381 g/mol. The van der Waals surface area contributed by atoms with Gasteiger partial charge in [-0.15, -0.1) is 0 Å². The number of hydrogen-bond acceptors (Lipinski definition) is 4. The zero-order valence-corrected chi connectivity index (χ0v) is 18.0. The van der Waals surface area contributed by atoms with Crippen molar-refractivity contribution in [2.45, 2.75) is 40.5 Å². The number of aromatic nitrogens is 2. The van der Waals surface area contributed by atoms with Gasteiger partial charge in [-0.25, -0.2) is 9.07 Å². The van der Waals surface area contributed by atoms with Gasteiger partial charge >= 0.3 is 0 Å². The Morgan fingerprint density at radius 2 is 2.10 bits per heavy atom. The summed E-state index contributed by atoms with van der Waals surface area (Å²) in [6, 6.07) is 5.44. The molecular formula is C24H28FN3O2. The van der Waals surface area contributed by atoms with Crippen LogP contribution in [0.1, 0.15) is 50.0 Å². The molecule has 1 aromatic heterocycles. The SMILES string of the molecule is C=C(NC1=CC=C(F)C(C)C1)n1cc2c(n1)-c1ccc(C(C)=O)cc1OCC2.CC. The molecule has 0 amide bonds. The van der Waals surface area contributed by atoms with Gasteiger partial charge in [-0.1, -0.05) is 33.4 Å². The van der Waals surface area contributed by atoms with E-state index in [0.717, 1.165) is 22.5 Å². The predicted octanol–water partition coefficient (Wildman–Crippen LogP) is 5.51. The average Bonchev–Trinajstić information content (AvgIpc) is 3.09. The van der Waals surface area contributed by atoms with Crippen molar-refractivity contribution in [3.05, 3.63) is 65.8 Å². The van der Waals surface area contributed by atoms with Gasteiger partial charge in [0.15, 0.2) is 5.78 Å². The monoisotopic (exact) mass is 409 g/mol. The van der Waals surface area contributed by atoms with Gasteiger partial charge < -0.3 is 10.1 Å². The van der Waals surface area contributed by atoms with Crippen molar-refractivity contribution >= 4 is 11.6 Å². The number of nitrogens with zero attached hydrogens (tertiary/aromatic N) is 2. The highest BCUT2D eigenvalue weighted by Crippen LogP contribution is 2.35. The van der Waals surface area contributed by atoms with Crippen LogP contribution in [0.3, 0.4) is 0 Å². The van der Waals surface area contributed by atoms with Crippen molar-refractivity contribution in [3.63, 3.8) is 0 Å². The third-order valence-corrected chi connectivity index (χ3v) is 5.08. The van der Waals surface area contributed by atoms with Crippen molar-refractivity contribution in [3.8, 4) is 17.0 Å². The van der Waals surface area contributed by atoms with Gasteiger partial charge in [0, 0.05) is 40.9 Å². The number of benzene rings is 1. The zero-order valence-electron chi connectivity index (χ0n) is 18.0. The molecule has 0 radical (unpaired) electrons. The first-order valence-electron chi connectivity index (χ1n) is 10.3. The van der Waals surface area contributed by atoms with E-state index in [1.807, 2.05) is 33.0 Å². The van der Waals surface area contributed by atoms with E-state index in [9.17, 15) is 9.18 Å². The maximum Gasteiger partial charge on any atom is 0.159 e. The number of hydrogen-bond donors (Lipinski definition) is 1. The summed E-state index contributed by atoms with van der Waals surface area (Å²) in [4.78, 5) is 11.7. The van der Waals surface area contributed by atoms with E-state index < -0.39 is 0 Å². The molecule has 30 heavy (non-hydrogen) atoms. The number of allylic oxidation sites excluding steroid dienone is 4. The predicted molar refractivity (Wildman–Crippen MR) is 118 cm³/mol. The molecule has 1 N–H and O–H groups in total. The van der Waals surface area contributed by atoms with E-state index in [1.165, 1.54) is 13.0 Å². The highest BCUT2D eigenvalue weighted by Gasteiger charge is 2.21. The third kappa shape index (κ3) is 4.37. The Hall–Kier alpha value is -3.15. The first-order chi connectivity index (χ1) is 14.4. The van der Waals surface area contributed by atoms with E-state index in [4.69, 9.17) is 9.84 Å². The Morgan fingerprint density at radius 1 is 1.33 bits per heavy atom. The molecule has 2 aliphatic rings. The van der Waals surface area contributed by atoms with Gasteiger partial charge in [-0.2, -0.15) is 5.10 Å². The lowest BCUT2D eigenvalue weighted by Crippen LogP contribution is -2.19. The fraction of sp³-hybridized carbons (Fsp3) is 0.333. The number of carbonyl (C=O) groups excluding carboxylic acids is 1. The second kappa shape index (κ2) is 9.11. The van der Waals surface area contributed by atoms with Gasteiger partial charge in [0.05, 0.1) is 12.3 Å². The second-order valence-corrected chi connectivity index (χ2v) is 7.23. The molecule has 1 aliphatic carbocycles. The smallest absolute Gasteiger partial charge is 0.159 e. The molecule has 5 nitrogen and oxygen atoms in total. The number of ketones is 1. The largest absolute Gasteiger partial charge is 0.493 e. The van der Waals surface area contributed by atoms with Crippen LogP contribution >= 0.6 is 0 Å². The fourth-order valence-electron chi connectivity index (χ4n) is 3.46. The molecule has 0 saturated heterocycles. The molecule has 1 aliphatic heterocycles. The summed E-state index contributed by atoms with van der Waals surface area (Å²) < 4.78 is 21.1. The van der Waals surface area contributed by atoms with Gasteiger partial charge in [-0.05, 0) is 37.6 Å². The summed E-state index contributed by atoms with van der Waals surface area (Å²) in [5.74, 6) is 1.02. The van der Waals surface area contributed by atoms with Crippen LogP contribution in [0.25, 0.3) is 17.1 Å². The van der Waals surface area contributed by atoms with Crippen LogP contribution in [0, 0.1) is 5.92 Å². The van der Waals surface area contributed by atoms with E-state index in [2.05, 4.69) is 11.9 Å². The van der Waals surface area contributed by atoms with Crippen molar-refractivity contribution in [2.24, 2.45) is 5.92 Å². The molecule has 1 aromatic carbocycles. The third-order valence-electron chi connectivity index (χ3n) is 5.08. The molecule has 6 heteroatoms. The van der Waals surface area contributed by atoms with E-state index in [-0.39, 0.29) is 17.5 Å². The molecule has 2 aromatic rings. The molecule has 0 spiro atoms. The first-order valence-corrected chi connectivity index (χ1v) is 10.3. The molecule has 0 bridgehead atoms. The Labute approximate surface area is 176 Å². The number of carbonyl (C=O) groups is 1. The van der Waals surface area contributed by atoms with Crippen LogP contribution in [-0.2, 0) is 6.42 Å². The van der Waals surface area contributed by atoms with Crippen LogP contribution < -0.4 is 10.1 Å². The van der Waals surface area contributed by atoms with Gasteiger partial charge in [-0.3, -0.25) is 4.79 Å². The topological polar surface area (TPSA) is 56.2 Å². The minimum Gasteiger partial charge on any atom is -0.493 e.